The Hall–Kier alpha value is -2.41. The van der Waals surface area contributed by atoms with Crippen LogP contribution < -0.4 is 5.32 Å². The average molecular weight is 342 g/mol. The van der Waals surface area contributed by atoms with Gasteiger partial charge in [-0.3, -0.25) is 0 Å². The van der Waals surface area contributed by atoms with Crippen molar-refractivity contribution < 1.29 is 14.3 Å². The number of hydrogen-bond donors (Lipinski definition) is 1. The van der Waals surface area contributed by atoms with Crippen LogP contribution in [0.1, 0.15) is 49.7 Å². The Labute approximate surface area is 146 Å². The molecule has 1 aromatic heterocycles. The largest absolute Gasteiger partial charge is 0.440 e. The summed E-state index contributed by atoms with van der Waals surface area (Å²) in [5.74, 6) is 0. The van der Waals surface area contributed by atoms with Crippen molar-refractivity contribution in [1.82, 2.24) is 20.3 Å². The summed E-state index contributed by atoms with van der Waals surface area (Å²) in [6, 6.07) is 10.1. The number of amides is 1. The molecule has 7 heteroatoms. The molecular formula is C18H22N4O3. The lowest BCUT2D eigenvalue weighted by Gasteiger charge is -2.26. The van der Waals surface area contributed by atoms with E-state index in [0.717, 1.165) is 23.4 Å². The van der Waals surface area contributed by atoms with Crippen molar-refractivity contribution >= 4 is 6.09 Å². The molecule has 2 aromatic rings. The van der Waals surface area contributed by atoms with Crippen LogP contribution in [0.2, 0.25) is 0 Å². The second-order valence-electron chi connectivity index (χ2n) is 6.98. The Morgan fingerprint density at radius 2 is 2.20 bits per heavy atom. The highest BCUT2D eigenvalue weighted by molar-refractivity contribution is 5.67. The lowest BCUT2D eigenvalue weighted by Crippen LogP contribution is -2.34. The van der Waals surface area contributed by atoms with Gasteiger partial charge in [-0.15, -0.1) is 5.10 Å². The number of epoxide rings is 1. The van der Waals surface area contributed by atoms with Crippen molar-refractivity contribution in [3.8, 4) is 0 Å². The molecule has 1 aliphatic carbocycles. The van der Waals surface area contributed by atoms with Gasteiger partial charge < -0.3 is 14.8 Å². The minimum Gasteiger partial charge on any atom is -0.440 e. The molecule has 4 rings (SSSR count). The smallest absolute Gasteiger partial charge is 0.408 e. The summed E-state index contributed by atoms with van der Waals surface area (Å²) in [4.78, 5) is 12.0. The van der Waals surface area contributed by atoms with Crippen molar-refractivity contribution in [3.63, 3.8) is 0 Å². The number of ether oxygens (including phenoxy) is 2. The Kier molecular flexibility index (Phi) is 3.95. The molecule has 1 fully saturated rings. The van der Waals surface area contributed by atoms with Crippen LogP contribution in [-0.2, 0) is 21.6 Å². The molecule has 0 radical (unpaired) electrons. The summed E-state index contributed by atoms with van der Waals surface area (Å²) in [5, 5.41) is 11.4. The highest BCUT2D eigenvalue weighted by Crippen LogP contribution is 2.51. The van der Waals surface area contributed by atoms with E-state index in [2.05, 4.69) is 27.8 Å². The first-order valence-electron chi connectivity index (χ1n) is 8.66. The zero-order valence-corrected chi connectivity index (χ0v) is 14.4. The Morgan fingerprint density at radius 1 is 1.44 bits per heavy atom. The van der Waals surface area contributed by atoms with Crippen LogP contribution in [0.5, 0.6) is 0 Å². The quantitative estimate of drug-likeness (QED) is 0.864. The van der Waals surface area contributed by atoms with Gasteiger partial charge in [-0.05, 0) is 32.3 Å². The third kappa shape index (κ3) is 3.11. The Bertz CT molecular complexity index is 768. The predicted molar refractivity (Wildman–Crippen MR) is 89.9 cm³/mol. The number of nitrogens with one attached hydrogen (secondary N) is 1. The number of benzene rings is 1. The molecule has 2 unspecified atom stereocenters. The molecule has 1 spiro atoms. The maximum atomic E-state index is 12.0. The number of nitrogens with zero attached hydrogens (tertiary/aromatic N) is 3. The van der Waals surface area contributed by atoms with Gasteiger partial charge in [0.1, 0.15) is 23.1 Å². The maximum Gasteiger partial charge on any atom is 0.408 e. The van der Waals surface area contributed by atoms with E-state index in [4.69, 9.17) is 9.47 Å². The standard InChI is InChI=1S/C18H22N4O3/c1-12(2)19-17(23)25-14-8-9-18(11-24-18)16-15(14)20-21-22(16)10-13-6-4-3-5-7-13/h3-7,12,14H,8-11H2,1-2H3,(H,19,23). The molecule has 0 saturated carbocycles. The fourth-order valence-electron chi connectivity index (χ4n) is 3.38. The molecule has 7 nitrogen and oxygen atoms in total. The number of carbonyl (C=O) groups is 1. The monoisotopic (exact) mass is 342 g/mol. The van der Waals surface area contributed by atoms with E-state index >= 15 is 0 Å². The number of carbonyl (C=O) groups excluding carboxylic acids is 1. The van der Waals surface area contributed by atoms with Gasteiger partial charge in [-0.2, -0.15) is 0 Å². The van der Waals surface area contributed by atoms with Gasteiger partial charge in [-0.1, -0.05) is 35.5 Å². The zero-order valence-electron chi connectivity index (χ0n) is 14.4. The third-order valence-electron chi connectivity index (χ3n) is 4.63. The fourth-order valence-corrected chi connectivity index (χ4v) is 3.38. The maximum absolute atomic E-state index is 12.0. The molecule has 2 heterocycles. The van der Waals surface area contributed by atoms with Gasteiger partial charge in [0.15, 0.2) is 0 Å². The van der Waals surface area contributed by atoms with Crippen LogP contribution >= 0.6 is 0 Å². The van der Waals surface area contributed by atoms with Crippen LogP contribution in [0.25, 0.3) is 0 Å². The summed E-state index contributed by atoms with van der Waals surface area (Å²) in [6.45, 7) is 5.10. The number of fused-ring (bicyclic) bond motifs is 2. The van der Waals surface area contributed by atoms with E-state index in [9.17, 15) is 4.79 Å². The van der Waals surface area contributed by atoms with E-state index in [0.29, 0.717) is 19.6 Å². The van der Waals surface area contributed by atoms with Gasteiger partial charge in [0.25, 0.3) is 0 Å². The lowest BCUT2D eigenvalue weighted by molar-refractivity contribution is 0.0712. The van der Waals surface area contributed by atoms with Crippen LogP contribution in [0.15, 0.2) is 30.3 Å². The summed E-state index contributed by atoms with van der Waals surface area (Å²) in [6.07, 6.45) is 0.703. The van der Waals surface area contributed by atoms with Crippen molar-refractivity contribution in [1.29, 1.82) is 0 Å². The number of hydrogen-bond acceptors (Lipinski definition) is 5. The number of rotatable bonds is 4. The molecule has 1 amide bonds. The first-order valence-corrected chi connectivity index (χ1v) is 8.66. The van der Waals surface area contributed by atoms with Gasteiger partial charge in [0, 0.05) is 6.04 Å². The number of aromatic nitrogens is 3. The highest BCUT2D eigenvalue weighted by Gasteiger charge is 2.55. The molecule has 1 saturated heterocycles. The molecule has 1 N–H and O–H groups in total. The van der Waals surface area contributed by atoms with E-state index < -0.39 is 6.09 Å². The van der Waals surface area contributed by atoms with Crippen molar-refractivity contribution in [2.24, 2.45) is 0 Å². The molecular weight excluding hydrogens is 320 g/mol. The van der Waals surface area contributed by atoms with Gasteiger partial charge in [-0.25, -0.2) is 9.48 Å². The van der Waals surface area contributed by atoms with E-state index in [1.807, 2.05) is 36.7 Å². The second-order valence-corrected chi connectivity index (χ2v) is 6.98. The first kappa shape index (κ1) is 16.1. The Balaban J connectivity index is 1.60. The van der Waals surface area contributed by atoms with Crippen molar-refractivity contribution in [2.45, 2.75) is 51.0 Å². The van der Waals surface area contributed by atoms with Gasteiger partial charge >= 0.3 is 6.09 Å². The van der Waals surface area contributed by atoms with Gasteiger partial charge in [0.05, 0.1) is 13.2 Å². The van der Waals surface area contributed by atoms with E-state index in [-0.39, 0.29) is 17.7 Å². The average Bonchev–Trinajstić information content (AvgIpc) is 3.22. The van der Waals surface area contributed by atoms with Crippen molar-refractivity contribution in [2.75, 3.05) is 6.61 Å². The second kappa shape index (κ2) is 6.15. The summed E-state index contributed by atoms with van der Waals surface area (Å²) in [5.41, 5.74) is 2.51. The normalized spacial score (nSPS) is 24.2. The van der Waals surface area contributed by atoms with E-state index in [1.54, 1.807) is 0 Å². The van der Waals surface area contributed by atoms with Crippen molar-refractivity contribution in [3.05, 3.63) is 47.3 Å². The van der Waals surface area contributed by atoms with Crippen LogP contribution in [0.3, 0.4) is 0 Å². The molecule has 1 aromatic carbocycles. The fraction of sp³-hybridized carbons (Fsp3) is 0.500. The molecule has 132 valence electrons. The third-order valence-corrected chi connectivity index (χ3v) is 4.63. The predicted octanol–water partition coefficient (Wildman–Crippen LogP) is 2.52. The highest BCUT2D eigenvalue weighted by atomic mass is 16.6. The van der Waals surface area contributed by atoms with Crippen LogP contribution in [0.4, 0.5) is 4.79 Å². The van der Waals surface area contributed by atoms with Crippen LogP contribution in [-0.4, -0.2) is 33.7 Å². The summed E-state index contributed by atoms with van der Waals surface area (Å²) >= 11 is 0. The summed E-state index contributed by atoms with van der Waals surface area (Å²) in [7, 11) is 0. The molecule has 2 atom stereocenters. The first-order chi connectivity index (χ1) is 12.1. The van der Waals surface area contributed by atoms with E-state index in [1.165, 1.54) is 0 Å². The molecule has 0 bridgehead atoms. The van der Waals surface area contributed by atoms with Crippen LogP contribution in [0, 0.1) is 0 Å². The topological polar surface area (TPSA) is 81.6 Å². The molecule has 25 heavy (non-hydrogen) atoms. The van der Waals surface area contributed by atoms with Gasteiger partial charge in [0.2, 0.25) is 0 Å². The zero-order chi connectivity index (χ0) is 17.4. The summed E-state index contributed by atoms with van der Waals surface area (Å²) < 4.78 is 13.2. The SMILES string of the molecule is CC(C)NC(=O)OC1CCC2(CO2)c2c1nnn2Cc1ccccc1. The Morgan fingerprint density at radius 3 is 2.88 bits per heavy atom. The minimum atomic E-state index is -0.420. The molecule has 1 aliphatic heterocycles. The molecule has 2 aliphatic rings. The minimum absolute atomic E-state index is 0.0300. The number of alkyl carbamates (subject to hydrolysis) is 1. The lowest BCUT2D eigenvalue weighted by atomic mass is 9.88.